The molecule has 0 aromatic heterocycles. The molecular weight excluding hydrogens is 184 g/mol. The molecule has 1 unspecified atom stereocenters. The zero-order chi connectivity index (χ0) is 10.3. The lowest BCUT2D eigenvalue weighted by atomic mass is 10.0. The van der Waals surface area contributed by atoms with Crippen molar-refractivity contribution in [2.75, 3.05) is 12.3 Å². The Hall–Kier alpha value is -1.75. The second kappa shape index (κ2) is 2.88. The van der Waals surface area contributed by atoms with Gasteiger partial charge in [-0.15, -0.1) is 0 Å². The summed E-state index contributed by atoms with van der Waals surface area (Å²) in [6, 6.07) is 2.61. The summed E-state index contributed by atoms with van der Waals surface area (Å²) in [5.74, 6) is -0.551. The van der Waals surface area contributed by atoms with E-state index in [0.717, 1.165) is 0 Å². The van der Waals surface area contributed by atoms with Crippen LogP contribution >= 0.6 is 0 Å². The molecule has 0 spiro atoms. The topological polar surface area (TPSA) is 98.6 Å². The average Bonchev–Trinajstić information content (AvgIpc) is 2.46. The third-order valence-corrected chi connectivity index (χ3v) is 2.18. The quantitative estimate of drug-likeness (QED) is 0.560. The van der Waals surface area contributed by atoms with E-state index < -0.39 is 5.97 Å². The van der Waals surface area contributed by atoms with Gasteiger partial charge in [0.2, 0.25) is 0 Å². The predicted octanol–water partition coefficient (Wildman–Crippen LogP) is 0.359. The summed E-state index contributed by atoms with van der Waals surface area (Å²) in [5, 5.41) is 8.92. The number of hydrogen-bond acceptors (Lipinski definition) is 4. The van der Waals surface area contributed by atoms with E-state index in [9.17, 15) is 4.79 Å². The maximum absolute atomic E-state index is 10.9. The molecule has 0 fully saturated rings. The monoisotopic (exact) mass is 194 g/mol. The fourth-order valence-electron chi connectivity index (χ4n) is 1.59. The molecule has 1 atom stereocenters. The summed E-state index contributed by atoms with van der Waals surface area (Å²) in [6.45, 7) is 0.305. The zero-order valence-corrected chi connectivity index (χ0v) is 7.36. The Balaban J connectivity index is 2.65. The van der Waals surface area contributed by atoms with Crippen molar-refractivity contribution in [1.29, 1.82) is 0 Å². The van der Waals surface area contributed by atoms with Gasteiger partial charge in [0.15, 0.2) is 0 Å². The summed E-state index contributed by atoms with van der Waals surface area (Å²) in [4.78, 5) is 10.9. The molecule has 0 bridgehead atoms. The fourth-order valence-corrected chi connectivity index (χ4v) is 1.59. The van der Waals surface area contributed by atoms with Crippen LogP contribution in [-0.4, -0.2) is 17.7 Å². The number of fused-ring (bicyclic) bond motifs is 1. The van der Waals surface area contributed by atoms with E-state index in [-0.39, 0.29) is 11.6 Å². The number of nitrogens with two attached hydrogens (primary N) is 2. The van der Waals surface area contributed by atoms with Gasteiger partial charge in [0.1, 0.15) is 12.4 Å². The van der Waals surface area contributed by atoms with E-state index in [1.807, 2.05) is 0 Å². The molecule has 14 heavy (non-hydrogen) atoms. The molecule has 1 heterocycles. The number of aromatic carboxylic acids is 1. The van der Waals surface area contributed by atoms with Crippen molar-refractivity contribution in [3.63, 3.8) is 0 Å². The van der Waals surface area contributed by atoms with Crippen molar-refractivity contribution in [2.45, 2.75) is 6.04 Å². The third kappa shape index (κ3) is 1.18. The molecule has 74 valence electrons. The van der Waals surface area contributed by atoms with Crippen LogP contribution in [0.1, 0.15) is 22.0 Å². The lowest BCUT2D eigenvalue weighted by molar-refractivity contribution is 0.0695. The molecule has 1 aromatic carbocycles. The number of nitrogen functional groups attached to an aromatic ring is 1. The molecule has 0 radical (unpaired) electrons. The molecule has 0 amide bonds. The summed E-state index contributed by atoms with van der Waals surface area (Å²) in [6.07, 6.45) is 0. The number of anilines is 1. The van der Waals surface area contributed by atoms with Gasteiger partial charge < -0.3 is 21.3 Å². The number of benzene rings is 1. The number of rotatable bonds is 1. The van der Waals surface area contributed by atoms with Crippen LogP contribution in [0.3, 0.4) is 0 Å². The Bertz CT molecular complexity index is 403. The maximum atomic E-state index is 10.9. The van der Waals surface area contributed by atoms with E-state index in [0.29, 0.717) is 23.6 Å². The summed E-state index contributed by atoms with van der Waals surface area (Å²) >= 11 is 0. The van der Waals surface area contributed by atoms with Crippen LogP contribution in [0.25, 0.3) is 0 Å². The molecule has 5 heteroatoms. The van der Waals surface area contributed by atoms with Gasteiger partial charge >= 0.3 is 5.97 Å². The molecule has 1 aliphatic heterocycles. The molecule has 0 aliphatic carbocycles. The van der Waals surface area contributed by atoms with Gasteiger partial charge in [-0.05, 0) is 6.07 Å². The highest BCUT2D eigenvalue weighted by Crippen LogP contribution is 2.35. The SMILES string of the molecule is Nc1cc2c(c(C(=O)O)c1)C(N)CO2. The number of ether oxygens (including phenoxy) is 1. The second-order valence-electron chi connectivity index (χ2n) is 3.20. The van der Waals surface area contributed by atoms with Crippen molar-refractivity contribution in [3.05, 3.63) is 23.3 Å². The normalized spacial score (nSPS) is 18.8. The summed E-state index contributed by atoms with van der Waals surface area (Å²) < 4.78 is 5.21. The summed E-state index contributed by atoms with van der Waals surface area (Å²) in [5.41, 5.74) is 12.3. The molecule has 5 N–H and O–H groups in total. The Morgan fingerprint density at radius 1 is 1.57 bits per heavy atom. The minimum atomic E-state index is -1.03. The molecule has 2 rings (SSSR count). The first-order valence-electron chi connectivity index (χ1n) is 4.14. The Labute approximate surface area is 80.3 Å². The van der Waals surface area contributed by atoms with Crippen molar-refractivity contribution in [3.8, 4) is 5.75 Å². The van der Waals surface area contributed by atoms with Crippen molar-refractivity contribution in [2.24, 2.45) is 5.73 Å². The van der Waals surface area contributed by atoms with Gasteiger partial charge in [0.25, 0.3) is 0 Å². The Morgan fingerprint density at radius 3 is 2.93 bits per heavy atom. The van der Waals surface area contributed by atoms with Crippen LogP contribution in [0.2, 0.25) is 0 Å². The first-order valence-corrected chi connectivity index (χ1v) is 4.14. The average molecular weight is 194 g/mol. The first kappa shape index (κ1) is 8.83. The van der Waals surface area contributed by atoms with Gasteiger partial charge in [-0.25, -0.2) is 4.79 Å². The minimum Gasteiger partial charge on any atom is -0.491 e. The van der Waals surface area contributed by atoms with Crippen LogP contribution in [0.15, 0.2) is 12.1 Å². The smallest absolute Gasteiger partial charge is 0.336 e. The highest BCUT2D eigenvalue weighted by atomic mass is 16.5. The summed E-state index contributed by atoms with van der Waals surface area (Å²) in [7, 11) is 0. The lowest BCUT2D eigenvalue weighted by Crippen LogP contribution is -2.14. The highest BCUT2D eigenvalue weighted by Gasteiger charge is 2.27. The number of hydrogen-bond donors (Lipinski definition) is 3. The molecular formula is C9H10N2O3. The van der Waals surface area contributed by atoms with Gasteiger partial charge in [0, 0.05) is 17.3 Å². The highest BCUT2D eigenvalue weighted by molar-refractivity contribution is 5.92. The molecule has 0 saturated carbocycles. The van der Waals surface area contributed by atoms with E-state index in [1.54, 1.807) is 6.07 Å². The van der Waals surface area contributed by atoms with Crippen LogP contribution in [0, 0.1) is 0 Å². The zero-order valence-electron chi connectivity index (χ0n) is 7.36. The third-order valence-electron chi connectivity index (χ3n) is 2.18. The largest absolute Gasteiger partial charge is 0.491 e. The first-order chi connectivity index (χ1) is 6.59. The van der Waals surface area contributed by atoms with Crippen LogP contribution in [0.4, 0.5) is 5.69 Å². The lowest BCUT2D eigenvalue weighted by Gasteiger charge is -2.06. The molecule has 0 saturated heterocycles. The van der Waals surface area contributed by atoms with Gasteiger partial charge in [0.05, 0.1) is 11.6 Å². The van der Waals surface area contributed by atoms with Crippen molar-refractivity contribution < 1.29 is 14.6 Å². The van der Waals surface area contributed by atoms with Gasteiger partial charge in [-0.1, -0.05) is 0 Å². The fraction of sp³-hybridized carbons (Fsp3) is 0.222. The van der Waals surface area contributed by atoms with E-state index in [4.69, 9.17) is 21.3 Å². The Kier molecular flexibility index (Phi) is 1.82. The predicted molar refractivity (Wildman–Crippen MR) is 50.2 cm³/mol. The van der Waals surface area contributed by atoms with E-state index >= 15 is 0 Å². The van der Waals surface area contributed by atoms with E-state index in [1.165, 1.54) is 6.07 Å². The van der Waals surface area contributed by atoms with Crippen molar-refractivity contribution >= 4 is 11.7 Å². The number of carboxylic acids is 1. The second-order valence-corrected chi connectivity index (χ2v) is 3.20. The molecule has 5 nitrogen and oxygen atoms in total. The standard InChI is InChI=1S/C9H10N2O3/c10-4-1-5(9(12)13)8-6(11)3-14-7(8)2-4/h1-2,6H,3,10-11H2,(H,12,13). The van der Waals surface area contributed by atoms with E-state index in [2.05, 4.69) is 0 Å². The van der Waals surface area contributed by atoms with Gasteiger partial charge in [-0.3, -0.25) is 0 Å². The maximum Gasteiger partial charge on any atom is 0.336 e. The molecule has 1 aliphatic rings. The Morgan fingerprint density at radius 2 is 2.29 bits per heavy atom. The van der Waals surface area contributed by atoms with Gasteiger partial charge in [-0.2, -0.15) is 0 Å². The van der Waals surface area contributed by atoms with Crippen molar-refractivity contribution in [1.82, 2.24) is 0 Å². The van der Waals surface area contributed by atoms with Crippen LogP contribution < -0.4 is 16.2 Å². The van der Waals surface area contributed by atoms with Crippen LogP contribution in [-0.2, 0) is 0 Å². The molecule has 1 aromatic rings. The minimum absolute atomic E-state index is 0.130. The number of carbonyl (C=O) groups is 1. The number of carboxylic acid groups (broad SMARTS) is 1. The van der Waals surface area contributed by atoms with Crippen LogP contribution in [0.5, 0.6) is 5.75 Å².